The van der Waals surface area contributed by atoms with Gasteiger partial charge in [0.25, 0.3) is 11.6 Å². The van der Waals surface area contributed by atoms with Crippen molar-refractivity contribution < 1.29 is 31.8 Å². The molecule has 0 bridgehead atoms. The number of nitro benzene ring substituents is 1. The number of furan rings is 1. The molecular weight excluding hydrogens is 469 g/mol. The quantitative estimate of drug-likeness (QED) is 0.250. The molecule has 0 saturated heterocycles. The first-order valence-corrected chi connectivity index (χ1v) is 10.3. The van der Waals surface area contributed by atoms with Gasteiger partial charge in [0.05, 0.1) is 23.3 Å². The highest BCUT2D eigenvalue weighted by molar-refractivity contribution is 5.94. The monoisotopic (exact) mass is 486 g/mol. The van der Waals surface area contributed by atoms with Gasteiger partial charge in [0.15, 0.2) is 0 Å². The zero-order valence-corrected chi connectivity index (χ0v) is 17.9. The minimum Gasteiger partial charge on any atom is -0.467 e. The smallest absolute Gasteiger partial charge is 0.416 e. The van der Waals surface area contributed by atoms with Crippen LogP contribution in [0.3, 0.4) is 0 Å². The fraction of sp³-hybridized carbons (Fsp3) is 0.174. The fourth-order valence-electron chi connectivity index (χ4n) is 3.29. The maximum atomic E-state index is 13.1. The zero-order valence-electron chi connectivity index (χ0n) is 17.9. The van der Waals surface area contributed by atoms with Crippen LogP contribution < -0.4 is 0 Å². The van der Waals surface area contributed by atoms with Gasteiger partial charge in [0, 0.05) is 36.2 Å². The normalized spacial score (nSPS) is 11.4. The van der Waals surface area contributed by atoms with E-state index in [0.717, 1.165) is 12.1 Å². The summed E-state index contributed by atoms with van der Waals surface area (Å²) in [6.45, 7) is 0.200. The van der Waals surface area contributed by atoms with E-state index in [1.165, 1.54) is 47.6 Å². The predicted octanol–water partition coefficient (Wildman–Crippen LogP) is 5.14. The van der Waals surface area contributed by atoms with Crippen molar-refractivity contribution in [2.45, 2.75) is 19.1 Å². The van der Waals surface area contributed by atoms with Crippen molar-refractivity contribution in [3.8, 4) is 11.4 Å². The second-order valence-corrected chi connectivity index (χ2v) is 7.45. The fourth-order valence-corrected chi connectivity index (χ4v) is 3.29. The molecule has 0 N–H and O–H groups in total. The lowest BCUT2D eigenvalue weighted by Crippen LogP contribution is -2.32. The first-order chi connectivity index (χ1) is 16.7. The van der Waals surface area contributed by atoms with E-state index in [4.69, 9.17) is 8.94 Å². The van der Waals surface area contributed by atoms with Crippen LogP contribution in [0.25, 0.3) is 11.4 Å². The Hall–Kier alpha value is -4.48. The van der Waals surface area contributed by atoms with Crippen molar-refractivity contribution in [1.29, 1.82) is 0 Å². The summed E-state index contributed by atoms with van der Waals surface area (Å²) in [5.41, 5.74) is -0.542. The molecule has 0 fully saturated rings. The first-order valence-electron chi connectivity index (χ1n) is 10.3. The Morgan fingerprint density at radius 1 is 1.09 bits per heavy atom. The summed E-state index contributed by atoms with van der Waals surface area (Å²) < 4.78 is 48.8. The molecule has 2 aromatic heterocycles. The molecule has 0 aliphatic carbocycles. The van der Waals surface area contributed by atoms with E-state index in [1.807, 2.05) is 0 Å². The van der Waals surface area contributed by atoms with Crippen molar-refractivity contribution in [1.82, 2.24) is 15.0 Å². The van der Waals surface area contributed by atoms with Crippen LogP contribution in [0.15, 0.2) is 75.9 Å². The second-order valence-electron chi connectivity index (χ2n) is 7.45. The van der Waals surface area contributed by atoms with Gasteiger partial charge in [-0.15, -0.1) is 0 Å². The third kappa shape index (κ3) is 5.72. The molecule has 0 atom stereocenters. The molecule has 4 aromatic rings. The van der Waals surface area contributed by atoms with E-state index >= 15 is 0 Å². The molecule has 0 radical (unpaired) electrons. The van der Waals surface area contributed by atoms with E-state index in [2.05, 4.69) is 10.1 Å². The predicted molar refractivity (Wildman–Crippen MR) is 115 cm³/mol. The Morgan fingerprint density at radius 3 is 2.51 bits per heavy atom. The highest BCUT2D eigenvalue weighted by Gasteiger charge is 2.30. The summed E-state index contributed by atoms with van der Waals surface area (Å²) in [5, 5.41) is 14.9. The summed E-state index contributed by atoms with van der Waals surface area (Å²) in [5.74, 6) is 0.305. The summed E-state index contributed by atoms with van der Waals surface area (Å²) in [4.78, 5) is 29.2. The molecule has 2 aromatic carbocycles. The number of non-ortho nitro benzene ring substituents is 1. The van der Waals surface area contributed by atoms with Crippen LogP contribution in [0.4, 0.5) is 18.9 Å². The van der Waals surface area contributed by atoms with Crippen molar-refractivity contribution in [3.05, 3.63) is 99.8 Å². The molecule has 1 amide bonds. The maximum Gasteiger partial charge on any atom is 0.416 e. The van der Waals surface area contributed by atoms with Crippen LogP contribution in [-0.2, 0) is 19.1 Å². The average molecular weight is 486 g/mol. The summed E-state index contributed by atoms with van der Waals surface area (Å²) in [6, 6.07) is 13.1. The number of hydrogen-bond donors (Lipinski definition) is 0. The largest absolute Gasteiger partial charge is 0.467 e. The first kappa shape index (κ1) is 23.7. The van der Waals surface area contributed by atoms with Crippen molar-refractivity contribution in [2.75, 3.05) is 6.54 Å². The van der Waals surface area contributed by atoms with Gasteiger partial charge in [0.2, 0.25) is 11.7 Å². The number of nitro groups is 1. The third-order valence-electron chi connectivity index (χ3n) is 5.05. The molecule has 35 heavy (non-hydrogen) atoms. The van der Waals surface area contributed by atoms with Gasteiger partial charge in [0.1, 0.15) is 5.76 Å². The van der Waals surface area contributed by atoms with E-state index in [-0.39, 0.29) is 42.5 Å². The Labute approximate surface area is 195 Å². The number of carbonyl (C=O) groups is 1. The number of aromatic nitrogens is 2. The lowest BCUT2D eigenvalue weighted by Gasteiger charge is -2.21. The zero-order chi connectivity index (χ0) is 25.0. The van der Waals surface area contributed by atoms with Gasteiger partial charge in [-0.1, -0.05) is 23.4 Å². The minimum atomic E-state index is -4.45. The van der Waals surface area contributed by atoms with E-state index in [1.54, 1.807) is 12.1 Å². The Kier molecular flexibility index (Phi) is 6.62. The number of hydrogen-bond acceptors (Lipinski definition) is 7. The molecule has 0 unspecified atom stereocenters. The number of nitrogens with zero attached hydrogens (tertiary/aromatic N) is 4. The number of benzene rings is 2. The standard InChI is InChI=1S/C23H17F3N4O5/c24-23(25,26)17-8-6-15(7-9-17)21-27-20(35-28-21)10-11-29(14-19-5-2-12-34-19)22(31)16-3-1-4-18(13-16)30(32)33/h1-9,12-13H,10-11,14H2. The summed E-state index contributed by atoms with van der Waals surface area (Å²) in [7, 11) is 0. The van der Waals surface area contributed by atoms with Crippen LogP contribution in [-0.4, -0.2) is 32.4 Å². The highest BCUT2D eigenvalue weighted by atomic mass is 19.4. The topological polar surface area (TPSA) is 116 Å². The summed E-state index contributed by atoms with van der Waals surface area (Å²) >= 11 is 0. The molecule has 12 heteroatoms. The van der Waals surface area contributed by atoms with Gasteiger partial charge in [-0.25, -0.2) is 0 Å². The van der Waals surface area contributed by atoms with Gasteiger partial charge in [-0.05, 0) is 30.3 Å². The molecule has 180 valence electrons. The molecule has 0 saturated carbocycles. The Bertz CT molecular complexity index is 1320. The number of rotatable bonds is 8. The van der Waals surface area contributed by atoms with Crippen LogP contribution in [0.2, 0.25) is 0 Å². The summed E-state index contributed by atoms with van der Waals surface area (Å²) in [6.07, 6.45) is -2.86. The van der Waals surface area contributed by atoms with Gasteiger partial charge >= 0.3 is 6.18 Å². The molecule has 0 aliphatic rings. The van der Waals surface area contributed by atoms with Crippen molar-refractivity contribution >= 4 is 11.6 Å². The van der Waals surface area contributed by atoms with Crippen molar-refractivity contribution in [3.63, 3.8) is 0 Å². The van der Waals surface area contributed by atoms with Gasteiger partial charge < -0.3 is 13.8 Å². The lowest BCUT2D eigenvalue weighted by molar-refractivity contribution is -0.384. The van der Waals surface area contributed by atoms with Crippen LogP contribution in [0.5, 0.6) is 0 Å². The average Bonchev–Trinajstić information content (AvgIpc) is 3.53. The SMILES string of the molecule is O=C(c1cccc([N+](=O)[O-])c1)N(CCc1nc(-c2ccc(C(F)(F)F)cc2)no1)Cc1ccco1. The number of carbonyl (C=O) groups excluding carboxylic acids is 1. The van der Waals surface area contributed by atoms with Gasteiger partial charge in [-0.2, -0.15) is 18.2 Å². The van der Waals surface area contributed by atoms with Crippen LogP contribution in [0, 0.1) is 10.1 Å². The molecular formula is C23H17F3N4O5. The number of amides is 1. The Morgan fingerprint density at radius 2 is 1.86 bits per heavy atom. The molecule has 9 nitrogen and oxygen atoms in total. The highest BCUT2D eigenvalue weighted by Crippen LogP contribution is 2.30. The third-order valence-corrected chi connectivity index (χ3v) is 5.05. The van der Waals surface area contributed by atoms with Crippen LogP contribution >= 0.6 is 0 Å². The molecule has 2 heterocycles. The molecule has 4 rings (SSSR count). The minimum absolute atomic E-state index is 0.0917. The number of alkyl halides is 3. The number of halogens is 3. The van der Waals surface area contributed by atoms with Crippen molar-refractivity contribution in [2.24, 2.45) is 0 Å². The molecule has 0 spiro atoms. The lowest BCUT2D eigenvalue weighted by atomic mass is 10.1. The molecule has 0 aliphatic heterocycles. The maximum absolute atomic E-state index is 13.1. The van der Waals surface area contributed by atoms with Gasteiger partial charge in [-0.3, -0.25) is 14.9 Å². The van der Waals surface area contributed by atoms with Crippen LogP contribution in [0.1, 0.15) is 27.6 Å². The van der Waals surface area contributed by atoms with E-state index in [0.29, 0.717) is 11.3 Å². The Balaban J connectivity index is 1.49. The van der Waals surface area contributed by atoms with E-state index < -0.39 is 22.6 Å². The second kappa shape index (κ2) is 9.79. The van der Waals surface area contributed by atoms with E-state index in [9.17, 15) is 28.1 Å².